The maximum Gasteiger partial charge on any atom is 0.324 e. The standard InChI is InChI=1S/C24H26F3N3O4.C22H26FN3O3/c1-34-19-9-7-18(8-10-19)30(24(33)29-11-3-2-4-12-29)15-17-6-5-16(13-20(17)25)21(31)14-28-23(32)22(26)27;1-29-19-9-7-18(8-10-19)26(22(28)25-11-3-2-4-12-25)15-17-6-5-16(13-20(17)23)21(27)14-24/h5-10,13,22H,2-4,11-12,14-15H2,1H3,(H,28,32);5-10,13H,2-4,11-12,14-15,24H2,1H3. The summed E-state index contributed by atoms with van der Waals surface area (Å²) in [7, 11) is 3.11. The number of Topliss-reactive ketones (excluding diaryl/α,β-unsaturated/α-hetero) is 2. The molecule has 4 aromatic carbocycles. The molecule has 0 aromatic heterocycles. The topological polar surface area (TPSA) is 155 Å². The van der Waals surface area contributed by atoms with E-state index in [0.29, 0.717) is 54.6 Å². The number of methoxy groups -OCH3 is 2. The molecule has 0 atom stereocenters. The smallest absolute Gasteiger partial charge is 0.324 e. The van der Waals surface area contributed by atoms with Crippen molar-refractivity contribution >= 4 is 40.9 Å². The zero-order valence-electron chi connectivity index (χ0n) is 35.3. The number of nitrogens with zero attached hydrogens (tertiary/aromatic N) is 4. The van der Waals surface area contributed by atoms with Crippen molar-refractivity contribution in [1.29, 1.82) is 0 Å². The molecular formula is C46H52F4N6O7. The molecule has 0 saturated carbocycles. The highest BCUT2D eigenvalue weighted by Crippen LogP contribution is 2.27. The van der Waals surface area contributed by atoms with Crippen LogP contribution in [0, 0.1) is 11.6 Å². The number of piperidine rings is 2. The van der Waals surface area contributed by atoms with E-state index in [-0.39, 0.29) is 54.2 Å². The molecule has 0 radical (unpaired) electrons. The minimum absolute atomic E-state index is 0.0601. The Bertz CT molecular complexity index is 2200. The molecule has 336 valence electrons. The largest absolute Gasteiger partial charge is 0.497 e. The Morgan fingerprint density at radius 1 is 0.619 bits per heavy atom. The Morgan fingerprint density at radius 3 is 1.37 bits per heavy atom. The van der Waals surface area contributed by atoms with Gasteiger partial charge in [0.15, 0.2) is 11.6 Å². The second kappa shape index (κ2) is 23.1. The van der Waals surface area contributed by atoms with Crippen molar-refractivity contribution in [2.75, 3.05) is 63.3 Å². The number of halogens is 4. The quantitative estimate of drug-likeness (QED) is 0.0970. The molecule has 13 nitrogen and oxygen atoms in total. The predicted octanol–water partition coefficient (Wildman–Crippen LogP) is 7.60. The number of ether oxygens (including phenoxy) is 2. The average Bonchev–Trinajstić information content (AvgIpc) is 3.32. The summed E-state index contributed by atoms with van der Waals surface area (Å²) in [5, 5.41) is 1.80. The van der Waals surface area contributed by atoms with Crippen LogP contribution < -0.4 is 30.3 Å². The van der Waals surface area contributed by atoms with Crippen LogP contribution in [-0.4, -0.2) is 99.2 Å². The Morgan fingerprint density at radius 2 is 1.02 bits per heavy atom. The SMILES string of the molecule is COc1ccc(N(Cc2ccc(C(=O)CN)cc2F)C(=O)N2CCCCC2)cc1.COc1ccc(N(Cc2ccc(C(=O)CNC(=O)C(F)F)cc2F)C(=O)N2CCCCC2)cc1. The van der Waals surface area contributed by atoms with Crippen LogP contribution in [0.1, 0.15) is 70.4 Å². The van der Waals surface area contributed by atoms with Gasteiger partial charge in [-0.25, -0.2) is 18.4 Å². The van der Waals surface area contributed by atoms with E-state index < -0.39 is 36.3 Å². The average molecular weight is 877 g/mol. The van der Waals surface area contributed by atoms with Crippen molar-refractivity contribution < 1.29 is 51.0 Å². The fraction of sp³-hybridized carbons (Fsp3) is 0.370. The first-order valence-corrected chi connectivity index (χ1v) is 20.6. The number of amides is 5. The number of likely N-dealkylation sites (tertiary alicyclic amines) is 2. The summed E-state index contributed by atoms with van der Waals surface area (Å²) in [4.78, 5) is 67.9. The molecule has 17 heteroatoms. The highest BCUT2D eigenvalue weighted by Gasteiger charge is 2.27. The third-order valence-corrected chi connectivity index (χ3v) is 10.7. The lowest BCUT2D eigenvalue weighted by atomic mass is 10.1. The molecule has 4 aromatic rings. The lowest BCUT2D eigenvalue weighted by Crippen LogP contribution is -2.45. The number of alkyl halides is 2. The van der Waals surface area contributed by atoms with E-state index in [1.54, 1.807) is 81.7 Å². The lowest BCUT2D eigenvalue weighted by Gasteiger charge is -2.33. The van der Waals surface area contributed by atoms with Crippen molar-refractivity contribution in [2.24, 2.45) is 5.73 Å². The number of hydrogen-bond acceptors (Lipinski definition) is 8. The first-order chi connectivity index (χ1) is 30.3. The van der Waals surface area contributed by atoms with E-state index in [0.717, 1.165) is 44.6 Å². The van der Waals surface area contributed by atoms with Gasteiger partial charge < -0.3 is 30.3 Å². The molecule has 2 fully saturated rings. The van der Waals surface area contributed by atoms with Gasteiger partial charge in [-0.15, -0.1) is 0 Å². The van der Waals surface area contributed by atoms with Crippen molar-refractivity contribution in [3.05, 3.63) is 119 Å². The Kier molecular flexibility index (Phi) is 17.4. The van der Waals surface area contributed by atoms with Crippen LogP contribution in [0.4, 0.5) is 38.5 Å². The van der Waals surface area contributed by atoms with Gasteiger partial charge in [-0.2, -0.15) is 8.78 Å². The third kappa shape index (κ3) is 13.0. The van der Waals surface area contributed by atoms with E-state index in [2.05, 4.69) is 0 Å². The number of ketones is 2. The van der Waals surface area contributed by atoms with E-state index in [1.807, 2.05) is 0 Å². The molecule has 3 N–H and O–H groups in total. The van der Waals surface area contributed by atoms with Crippen LogP contribution in [0.25, 0.3) is 0 Å². The summed E-state index contributed by atoms with van der Waals surface area (Å²) in [5.74, 6) is -2.58. The number of rotatable bonds is 14. The summed E-state index contributed by atoms with van der Waals surface area (Å²) >= 11 is 0. The summed E-state index contributed by atoms with van der Waals surface area (Å²) in [5.41, 5.74) is 7.23. The molecule has 6 rings (SSSR count). The number of nitrogens with two attached hydrogens (primary N) is 1. The molecule has 2 saturated heterocycles. The summed E-state index contributed by atoms with van der Waals surface area (Å²) in [6, 6.07) is 21.5. The van der Waals surface area contributed by atoms with Gasteiger partial charge in [0.1, 0.15) is 23.1 Å². The number of carbonyl (C=O) groups excluding carboxylic acids is 5. The van der Waals surface area contributed by atoms with Crippen molar-refractivity contribution in [2.45, 2.75) is 58.0 Å². The van der Waals surface area contributed by atoms with Crippen molar-refractivity contribution in [1.82, 2.24) is 15.1 Å². The third-order valence-electron chi connectivity index (χ3n) is 10.7. The van der Waals surface area contributed by atoms with Gasteiger partial charge in [0.25, 0.3) is 5.91 Å². The normalized spacial score (nSPS) is 13.7. The maximum absolute atomic E-state index is 14.9. The van der Waals surface area contributed by atoms with Gasteiger partial charge in [-0.1, -0.05) is 24.3 Å². The molecule has 2 aliphatic heterocycles. The van der Waals surface area contributed by atoms with Crippen LogP contribution in [-0.2, 0) is 17.9 Å². The molecule has 2 aliphatic rings. The molecule has 0 bridgehead atoms. The Balaban J connectivity index is 0.000000240. The van der Waals surface area contributed by atoms with E-state index in [9.17, 15) is 41.5 Å². The zero-order valence-corrected chi connectivity index (χ0v) is 35.3. The minimum Gasteiger partial charge on any atom is -0.497 e. The van der Waals surface area contributed by atoms with Gasteiger partial charge >= 0.3 is 18.5 Å². The van der Waals surface area contributed by atoms with Gasteiger partial charge in [0.05, 0.1) is 40.4 Å². The first-order valence-electron chi connectivity index (χ1n) is 20.6. The Labute approximate surface area is 363 Å². The maximum atomic E-state index is 14.9. The molecule has 5 amide bonds. The number of urea groups is 2. The van der Waals surface area contributed by atoms with Crippen LogP contribution in [0.2, 0.25) is 0 Å². The van der Waals surface area contributed by atoms with Crippen molar-refractivity contribution in [3.63, 3.8) is 0 Å². The molecule has 2 heterocycles. The number of nitrogens with one attached hydrogen (secondary N) is 1. The highest BCUT2D eigenvalue weighted by molar-refractivity contribution is 6.00. The van der Waals surface area contributed by atoms with Crippen LogP contribution in [0.3, 0.4) is 0 Å². The molecule has 63 heavy (non-hydrogen) atoms. The molecule has 0 unspecified atom stereocenters. The van der Waals surface area contributed by atoms with Crippen molar-refractivity contribution in [3.8, 4) is 11.5 Å². The van der Waals surface area contributed by atoms with Gasteiger partial charge in [0, 0.05) is 59.8 Å². The fourth-order valence-corrected chi connectivity index (χ4v) is 7.08. The molecular weight excluding hydrogens is 825 g/mol. The summed E-state index contributed by atoms with van der Waals surface area (Å²) in [6.07, 6.45) is 2.64. The van der Waals surface area contributed by atoms with E-state index in [1.165, 1.54) is 36.3 Å². The lowest BCUT2D eigenvalue weighted by molar-refractivity contribution is -0.131. The minimum atomic E-state index is -3.24. The molecule has 0 aliphatic carbocycles. The van der Waals surface area contributed by atoms with Crippen LogP contribution in [0.15, 0.2) is 84.9 Å². The number of anilines is 2. The first kappa shape index (κ1) is 47.6. The number of hydrogen-bond donors (Lipinski definition) is 2. The van der Waals surface area contributed by atoms with E-state index >= 15 is 0 Å². The van der Waals surface area contributed by atoms with Crippen LogP contribution >= 0.6 is 0 Å². The van der Waals surface area contributed by atoms with Gasteiger partial charge in [-0.3, -0.25) is 24.2 Å². The molecule has 0 spiro atoms. The monoisotopic (exact) mass is 876 g/mol. The zero-order chi connectivity index (χ0) is 45.5. The summed E-state index contributed by atoms with van der Waals surface area (Å²) < 4.78 is 64.5. The Hall–Kier alpha value is -6.49. The fourth-order valence-electron chi connectivity index (χ4n) is 7.08. The van der Waals surface area contributed by atoms with Gasteiger partial charge in [0.2, 0.25) is 0 Å². The number of benzene rings is 4. The van der Waals surface area contributed by atoms with E-state index in [4.69, 9.17) is 15.2 Å². The highest BCUT2D eigenvalue weighted by atomic mass is 19.3. The van der Waals surface area contributed by atoms with Crippen LogP contribution in [0.5, 0.6) is 11.5 Å². The number of carbonyl (C=O) groups is 5. The second-order valence-corrected chi connectivity index (χ2v) is 14.9. The summed E-state index contributed by atoms with van der Waals surface area (Å²) in [6.45, 7) is 1.75. The second-order valence-electron chi connectivity index (χ2n) is 14.9. The predicted molar refractivity (Wildman–Crippen MR) is 230 cm³/mol. The van der Waals surface area contributed by atoms with Gasteiger partial charge in [-0.05, 0) is 99.2 Å².